The van der Waals surface area contributed by atoms with Gasteiger partial charge < -0.3 is 17.7 Å². The van der Waals surface area contributed by atoms with Gasteiger partial charge in [0, 0.05) is 26.4 Å². The highest BCUT2D eigenvalue weighted by Gasteiger charge is 2.41. The third-order valence-electron chi connectivity index (χ3n) is 1.58. The normalized spacial score (nSPS) is 12.9. The third kappa shape index (κ3) is 5.23. The van der Waals surface area contributed by atoms with Crippen LogP contribution in [0.25, 0.3) is 0 Å². The van der Waals surface area contributed by atoms with Crippen LogP contribution in [0, 0.1) is 0 Å². The van der Waals surface area contributed by atoms with Crippen molar-refractivity contribution in [2.45, 2.75) is 27.7 Å². The second-order valence-electron chi connectivity index (χ2n) is 2.62. The van der Waals surface area contributed by atoms with Crippen LogP contribution in [0.3, 0.4) is 0 Å². The fourth-order valence-corrected chi connectivity index (χ4v) is 7.36. The van der Waals surface area contributed by atoms with Gasteiger partial charge in [-0.2, -0.15) is 0 Å². The third-order valence-corrected chi connectivity index (χ3v) is 8.24. The first kappa shape index (κ1) is 14.3. The molecule has 0 aliphatic heterocycles. The van der Waals surface area contributed by atoms with Gasteiger partial charge in [0.15, 0.2) is 0 Å². The van der Waals surface area contributed by atoms with E-state index in [1.54, 1.807) is 0 Å². The predicted molar refractivity (Wildman–Crippen MR) is 60.8 cm³/mol. The molecule has 0 amide bonds. The molecule has 14 heavy (non-hydrogen) atoms. The molecule has 6 heteroatoms. The van der Waals surface area contributed by atoms with E-state index < -0.39 is 17.6 Å². The highest BCUT2D eigenvalue weighted by Crippen LogP contribution is 2.08. The standard InChI is InChI=1S/C8H22O4Si2/c1-5-9-13-14(10-6-2,11-7-3)12-8-4/h5-8,13H2,1-4H3. The molecule has 86 valence electrons. The van der Waals surface area contributed by atoms with Crippen molar-refractivity contribution in [2.24, 2.45) is 0 Å². The fraction of sp³-hybridized carbons (Fsp3) is 1.00. The van der Waals surface area contributed by atoms with E-state index in [0.717, 1.165) is 0 Å². The molecule has 0 aromatic heterocycles. The molecular weight excluding hydrogens is 216 g/mol. The predicted octanol–water partition coefficient (Wildman–Crippen LogP) is 0.652. The molecule has 0 fully saturated rings. The van der Waals surface area contributed by atoms with Crippen molar-refractivity contribution < 1.29 is 17.7 Å². The minimum Gasteiger partial charge on any atom is -0.418 e. The lowest BCUT2D eigenvalue weighted by Crippen LogP contribution is -2.53. The van der Waals surface area contributed by atoms with Crippen LogP contribution in [0.4, 0.5) is 0 Å². The van der Waals surface area contributed by atoms with Gasteiger partial charge in [-0.3, -0.25) is 0 Å². The summed E-state index contributed by atoms with van der Waals surface area (Å²) in [4.78, 5) is 0. The zero-order chi connectivity index (χ0) is 10.9. The average Bonchev–Trinajstić information content (AvgIpc) is 2.16. The van der Waals surface area contributed by atoms with Crippen LogP contribution in [-0.2, 0) is 17.7 Å². The molecule has 0 aromatic rings. The van der Waals surface area contributed by atoms with Crippen molar-refractivity contribution >= 4 is 17.6 Å². The second kappa shape index (κ2) is 8.57. The maximum absolute atomic E-state index is 5.64. The van der Waals surface area contributed by atoms with Crippen LogP contribution >= 0.6 is 0 Å². The molecule has 0 radical (unpaired) electrons. The lowest BCUT2D eigenvalue weighted by Gasteiger charge is -2.27. The summed E-state index contributed by atoms with van der Waals surface area (Å²) in [7, 11) is -3.24. The Hall–Kier alpha value is 0.274. The summed E-state index contributed by atoms with van der Waals surface area (Å²) in [5.74, 6) is 0. The van der Waals surface area contributed by atoms with Crippen LogP contribution in [0.15, 0.2) is 0 Å². The van der Waals surface area contributed by atoms with Gasteiger partial charge in [-0.15, -0.1) is 0 Å². The molecule has 0 unspecified atom stereocenters. The van der Waals surface area contributed by atoms with E-state index in [4.69, 9.17) is 17.7 Å². The molecule has 4 nitrogen and oxygen atoms in total. The molecule has 0 rings (SSSR count). The molecule has 0 aliphatic carbocycles. The lowest BCUT2D eigenvalue weighted by molar-refractivity contribution is 0.0877. The monoisotopic (exact) mass is 238 g/mol. The van der Waals surface area contributed by atoms with Gasteiger partial charge in [-0.05, 0) is 27.7 Å². The van der Waals surface area contributed by atoms with Crippen molar-refractivity contribution in [3.05, 3.63) is 0 Å². The van der Waals surface area contributed by atoms with E-state index in [0.29, 0.717) is 26.4 Å². The fourth-order valence-electron chi connectivity index (χ4n) is 1.14. The van der Waals surface area contributed by atoms with Gasteiger partial charge in [0.1, 0.15) is 0 Å². The zero-order valence-electron chi connectivity index (χ0n) is 9.67. The topological polar surface area (TPSA) is 36.9 Å². The van der Waals surface area contributed by atoms with E-state index >= 15 is 0 Å². The summed E-state index contributed by atoms with van der Waals surface area (Å²) in [6.07, 6.45) is 0. The quantitative estimate of drug-likeness (QED) is 0.553. The maximum Gasteiger partial charge on any atom is 0.495 e. The Balaban J connectivity index is 4.21. The van der Waals surface area contributed by atoms with Crippen molar-refractivity contribution in [1.82, 2.24) is 0 Å². The van der Waals surface area contributed by atoms with E-state index in [1.165, 1.54) is 0 Å². The Bertz CT molecular complexity index is 117. The molecule has 0 N–H and O–H groups in total. The van der Waals surface area contributed by atoms with E-state index in [2.05, 4.69) is 0 Å². The Morgan fingerprint density at radius 2 is 1.21 bits per heavy atom. The smallest absolute Gasteiger partial charge is 0.418 e. The first-order chi connectivity index (χ1) is 6.74. The summed E-state index contributed by atoms with van der Waals surface area (Å²) in [6.45, 7) is 10.5. The van der Waals surface area contributed by atoms with Gasteiger partial charge in [-0.1, -0.05) is 0 Å². The summed E-state index contributed by atoms with van der Waals surface area (Å²) in [6, 6.07) is 0. The molecule has 0 aromatic carbocycles. The Labute approximate surface area is 90.0 Å². The van der Waals surface area contributed by atoms with Crippen LogP contribution in [0.1, 0.15) is 27.7 Å². The van der Waals surface area contributed by atoms with Crippen LogP contribution < -0.4 is 0 Å². The van der Waals surface area contributed by atoms with Crippen LogP contribution in [-0.4, -0.2) is 44.0 Å². The van der Waals surface area contributed by atoms with Crippen molar-refractivity contribution in [3.8, 4) is 0 Å². The van der Waals surface area contributed by atoms with Crippen LogP contribution in [0.2, 0.25) is 0 Å². The second-order valence-corrected chi connectivity index (χ2v) is 9.01. The minimum absolute atomic E-state index is 0.631. The molecule has 0 saturated carbocycles. The van der Waals surface area contributed by atoms with Gasteiger partial charge in [0.05, 0.1) is 0 Å². The molecule has 0 atom stereocenters. The molecule has 0 spiro atoms. The van der Waals surface area contributed by atoms with Gasteiger partial charge in [-0.25, -0.2) is 0 Å². The minimum atomic E-state index is -2.40. The highest BCUT2D eigenvalue weighted by molar-refractivity contribution is 7.12. The maximum atomic E-state index is 5.64. The van der Waals surface area contributed by atoms with E-state index in [9.17, 15) is 0 Å². The number of hydrogen-bond donors (Lipinski definition) is 0. The Morgan fingerprint density at radius 3 is 1.50 bits per heavy atom. The first-order valence-corrected chi connectivity index (χ1v) is 9.87. The SMILES string of the molecule is CCO[SiH2][Si](OCC)(OCC)OCC. The van der Waals surface area contributed by atoms with E-state index in [-0.39, 0.29) is 0 Å². The molecule has 0 saturated heterocycles. The number of rotatable bonds is 9. The molecule has 0 bridgehead atoms. The summed E-state index contributed by atoms with van der Waals surface area (Å²) < 4.78 is 22.4. The van der Waals surface area contributed by atoms with Crippen molar-refractivity contribution in [2.75, 3.05) is 26.4 Å². The van der Waals surface area contributed by atoms with Gasteiger partial charge in [0.25, 0.3) is 9.28 Å². The molecular formula is C8H22O4Si2. The molecule has 0 heterocycles. The largest absolute Gasteiger partial charge is 0.495 e. The number of hydrogen-bond acceptors (Lipinski definition) is 4. The van der Waals surface area contributed by atoms with Gasteiger partial charge in [0.2, 0.25) is 0 Å². The summed E-state index contributed by atoms with van der Waals surface area (Å²) in [5, 5.41) is 0. The van der Waals surface area contributed by atoms with Gasteiger partial charge >= 0.3 is 8.32 Å². The summed E-state index contributed by atoms with van der Waals surface area (Å²) in [5.41, 5.74) is 0. The van der Waals surface area contributed by atoms with Crippen molar-refractivity contribution in [1.29, 1.82) is 0 Å². The van der Waals surface area contributed by atoms with Crippen molar-refractivity contribution in [3.63, 3.8) is 0 Å². The zero-order valence-corrected chi connectivity index (χ0v) is 12.1. The highest BCUT2D eigenvalue weighted by atomic mass is 29.2. The average molecular weight is 238 g/mol. The molecule has 0 aliphatic rings. The van der Waals surface area contributed by atoms with E-state index in [1.807, 2.05) is 27.7 Å². The first-order valence-electron chi connectivity index (χ1n) is 5.24. The lowest BCUT2D eigenvalue weighted by atomic mass is 10.9. The Morgan fingerprint density at radius 1 is 0.786 bits per heavy atom. The van der Waals surface area contributed by atoms with Crippen LogP contribution in [0.5, 0.6) is 0 Å². The Kier molecular flexibility index (Phi) is 8.74. The summed E-state index contributed by atoms with van der Waals surface area (Å²) >= 11 is 0.